The van der Waals surface area contributed by atoms with Crippen molar-refractivity contribution in [1.82, 2.24) is 15.1 Å². The van der Waals surface area contributed by atoms with Crippen molar-refractivity contribution in [1.29, 1.82) is 0 Å². The minimum absolute atomic E-state index is 0.107. The molecule has 35 heavy (non-hydrogen) atoms. The van der Waals surface area contributed by atoms with Crippen molar-refractivity contribution in [2.24, 2.45) is 7.05 Å². The second-order valence-electron chi connectivity index (χ2n) is 10.5. The Kier molecular flexibility index (Phi) is 7.38. The summed E-state index contributed by atoms with van der Waals surface area (Å²) < 4.78 is 7.24. The van der Waals surface area contributed by atoms with Gasteiger partial charge in [-0.15, -0.1) is 0 Å². The lowest BCUT2D eigenvalue weighted by Gasteiger charge is -2.23. The summed E-state index contributed by atoms with van der Waals surface area (Å²) in [6.45, 7) is 11.8. The van der Waals surface area contributed by atoms with Crippen LogP contribution in [0.15, 0.2) is 48.5 Å². The van der Waals surface area contributed by atoms with Gasteiger partial charge in [-0.25, -0.2) is 4.79 Å². The van der Waals surface area contributed by atoms with Crippen molar-refractivity contribution in [3.8, 4) is 5.75 Å². The van der Waals surface area contributed by atoms with Crippen LogP contribution >= 0.6 is 0 Å². The number of hydrogen-bond acceptors (Lipinski definition) is 4. The zero-order chi connectivity index (χ0) is 26.0. The molecule has 0 aliphatic rings. The summed E-state index contributed by atoms with van der Waals surface area (Å²) in [5.41, 5.74) is 4.21. The number of aromatic nitrogens is 2. The molecule has 1 heterocycles. The van der Waals surface area contributed by atoms with Crippen molar-refractivity contribution in [3.63, 3.8) is 0 Å². The Labute approximate surface area is 207 Å². The summed E-state index contributed by atoms with van der Waals surface area (Å²) in [5.74, 6) is -0.746. The molecule has 3 rings (SSSR count). The van der Waals surface area contributed by atoms with Crippen LogP contribution in [0.4, 0.5) is 0 Å². The molecule has 2 N–H and O–H groups in total. The van der Waals surface area contributed by atoms with Crippen molar-refractivity contribution in [2.45, 2.75) is 65.5 Å². The highest BCUT2D eigenvalue weighted by Gasteiger charge is 2.29. The van der Waals surface area contributed by atoms with E-state index in [1.54, 1.807) is 17.8 Å². The van der Waals surface area contributed by atoms with Crippen molar-refractivity contribution in [3.05, 3.63) is 82.2 Å². The van der Waals surface area contributed by atoms with Gasteiger partial charge in [0.25, 0.3) is 5.91 Å². The van der Waals surface area contributed by atoms with Crippen LogP contribution in [0, 0.1) is 6.92 Å². The Morgan fingerprint density at radius 3 is 2.20 bits per heavy atom. The van der Waals surface area contributed by atoms with Crippen molar-refractivity contribution < 1.29 is 19.4 Å². The number of carbonyl (C=O) groups excluding carboxylic acids is 1. The van der Waals surface area contributed by atoms with Gasteiger partial charge in [-0.3, -0.25) is 9.48 Å². The lowest BCUT2D eigenvalue weighted by molar-refractivity contribution is -0.152. The van der Waals surface area contributed by atoms with E-state index in [1.807, 2.05) is 25.1 Å². The van der Waals surface area contributed by atoms with Gasteiger partial charge in [0.2, 0.25) is 0 Å². The molecule has 0 aliphatic carbocycles. The average molecular weight is 478 g/mol. The molecule has 3 aromatic rings. The van der Waals surface area contributed by atoms with E-state index < -0.39 is 11.6 Å². The Morgan fingerprint density at radius 1 is 1.00 bits per heavy atom. The van der Waals surface area contributed by atoms with Crippen LogP contribution in [0.3, 0.4) is 0 Å². The molecule has 1 aromatic heterocycles. The third-order valence-electron chi connectivity index (χ3n) is 5.94. The topological polar surface area (TPSA) is 93.5 Å². The van der Waals surface area contributed by atoms with Gasteiger partial charge in [0.15, 0.2) is 5.60 Å². The first-order chi connectivity index (χ1) is 16.3. The van der Waals surface area contributed by atoms with Gasteiger partial charge in [-0.2, -0.15) is 5.10 Å². The molecule has 0 fully saturated rings. The first-order valence-electron chi connectivity index (χ1n) is 11.7. The summed E-state index contributed by atoms with van der Waals surface area (Å²) in [7, 11) is 1.77. The van der Waals surface area contributed by atoms with Crippen LogP contribution in [0.1, 0.15) is 73.1 Å². The highest BCUT2D eigenvalue weighted by molar-refractivity contribution is 5.92. The molecule has 0 saturated heterocycles. The fourth-order valence-corrected chi connectivity index (χ4v) is 3.68. The standard InChI is InChI=1S/C28H35N3O4/c1-18-14-20(10-13-24(18)35-28(5,6)26(33)34)17-29-25(32)23-16-22(30-31(23)7)15-19-8-11-21(12-9-19)27(2,3)4/h8-14,16H,15,17H2,1-7H3,(H,29,32)(H,33,34). The second kappa shape index (κ2) is 9.94. The van der Waals surface area contributed by atoms with E-state index in [-0.39, 0.29) is 11.3 Å². The number of aliphatic carboxylic acids is 1. The number of aryl methyl sites for hydroxylation is 2. The fourth-order valence-electron chi connectivity index (χ4n) is 3.68. The molecule has 0 atom stereocenters. The quantitative estimate of drug-likeness (QED) is 0.487. The molecule has 186 valence electrons. The number of nitrogens with zero attached hydrogens (tertiary/aromatic N) is 2. The minimum atomic E-state index is -1.33. The van der Waals surface area contributed by atoms with Gasteiger partial charge in [-0.05, 0) is 60.6 Å². The molecule has 0 radical (unpaired) electrons. The van der Waals surface area contributed by atoms with Gasteiger partial charge >= 0.3 is 5.97 Å². The molecule has 0 unspecified atom stereocenters. The summed E-state index contributed by atoms with van der Waals surface area (Å²) in [5, 5.41) is 16.7. The highest BCUT2D eigenvalue weighted by Crippen LogP contribution is 2.25. The summed E-state index contributed by atoms with van der Waals surface area (Å²) >= 11 is 0. The lowest BCUT2D eigenvalue weighted by Crippen LogP contribution is -2.38. The Balaban J connectivity index is 1.63. The van der Waals surface area contributed by atoms with Crippen LogP contribution in [0.25, 0.3) is 0 Å². The van der Waals surface area contributed by atoms with E-state index in [2.05, 4.69) is 55.5 Å². The van der Waals surface area contributed by atoms with Gasteiger partial charge in [0.1, 0.15) is 11.4 Å². The lowest BCUT2D eigenvalue weighted by atomic mass is 9.86. The number of carbonyl (C=O) groups is 2. The van der Waals surface area contributed by atoms with Crippen LogP contribution in [0.2, 0.25) is 0 Å². The summed E-state index contributed by atoms with van der Waals surface area (Å²) in [4.78, 5) is 24.1. The smallest absolute Gasteiger partial charge is 0.347 e. The number of amides is 1. The maximum Gasteiger partial charge on any atom is 0.347 e. The van der Waals surface area contributed by atoms with Crippen molar-refractivity contribution >= 4 is 11.9 Å². The number of carboxylic acid groups (broad SMARTS) is 1. The van der Waals surface area contributed by atoms with E-state index in [4.69, 9.17) is 4.74 Å². The molecule has 1 amide bonds. The molecular weight excluding hydrogens is 442 g/mol. The normalized spacial score (nSPS) is 11.9. The molecule has 0 saturated carbocycles. The second-order valence-corrected chi connectivity index (χ2v) is 10.5. The van der Waals surface area contributed by atoms with Crippen LogP contribution < -0.4 is 10.1 Å². The van der Waals surface area contributed by atoms with Gasteiger partial charge in [0, 0.05) is 20.0 Å². The molecule has 2 aromatic carbocycles. The predicted octanol–water partition coefficient (Wildman–Crippen LogP) is 4.79. The molecular formula is C28H35N3O4. The summed E-state index contributed by atoms with van der Waals surface area (Å²) in [6.07, 6.45) is 0.652. The van der Waals surface area contributed by atoms with Gasteiger partial charge < -0.3 is 15.2 Å². The minimum Gasteiger partial charge on any atom is -0.478 e. The third-order valence-corrected chi connectivity index (χ3v) is 5.94. The van der Waals surface area contributed by atoms with E-state index in [0.29, 0.717) is 24.4 Å². The summed E-state index contributed by atoms with van der Waals surface area (Å²) in [6, 6.07) is 15.8. The molecule has 0 spiro atoms. The first kappa shape index (κ1) is 26.0. The molecule has 7 heteroatoms. The maximum absolute atomic E-state index is 12.8. The molecule has 0 aliphatic heterocycles. The van der Waals surface area contributed by atoms with Crippen LogP contribution in [-0.4, -0.2) is 32.4 Å². The molecule has 7 nitrogen and oxygen atoms in total. The zero-order valence-corrected chi connectivity index (χ0v) is 21.6. The van der Waals surface area contributed by atoms with E-state index in [1.165, 1.54) is 19.4 Å². The number of carboxylic acids is 1. The van der Waals surface area contributed by atoms with E-state index in [9.17, 15) is 14.7 Å². The predicted molar refractivity (Wildman–Crippen MR) is 136 cm³/mol. The Morgan fingerprint density at radius 2 is 1.63 bits per heavy atom. The monoisotopic (exact) mass is 477 g/mol. The fraction of sp³-hybridized carbons (Fsp3) is 0.393. The number of nitrogens with one attached hydrogen (secondary N) is 1. The third kappa shape index (κ3) is 6.50. The van der Waals surface area contributed by atoms with Crippen LogP contribution in [-0.2, 0) is 30.2 Å². The van der Waals surface area contributed by atoms with Gasteiger partial charge in [0.05, 0.1) is 5.69 Å². The highest BCUT2D eigenvalue weighted by atomic mass is 16.5. The SMILES string of the molecule is Cc1cc(CNC(=O)c2cc(Cc3ccc(C(C)(C)C)cc3)nn2C)ccc1OC(C)(C)C(=O)O. The number of ether oxygens (including phenoxy) is 1. The Hall–Kier alpha value is -3.61. The maximum atomic E-state index is 12.8. The van der Waals surface area contributed by atoms with Crippen LogP contribution in [0.5, 0.6) is 5.75 Å². The van der Waals surface area contributed by atoms with E-state index in [0.717, 1.165) is 22.4 Å². The number of rotatable bonds is 8. The average Bonchev–Trinajstić information content (AvgIpc) is 3.13. The zero-order valence-electron chi connectivity index (χ0n) is 21.6. The molecule has 0 bridgehead atoms. The van der Waals surface area contributed by atoms with Crippen molar-refractivity contribution in [2.75, 3.05) is 0 Å². The first-order valence-corrected chi connectivity index (χ1v) is 11.7. The largest absolute Gasteiger partial charge is 0.478 e. The Bertz CT molecular complexity index is 1220. The number of hydrogen-bond donors (Lipinski definition) is 2. The van der Waals surface area contributed by atoms with E-state index >= 15 is 0 Å². The van der Waals surface area contributed by atoms with Gasteiger partial charge in [-0.1, -0.05) is 57.2 Å². The number of benzene rings is 2.